The van der Waals surface area contributed by atoms with Crippen molar-refractivity contribution in [3.8, 4) is 0 Å². The van der Waals surface area contributed by atoms with Crippen molar-refractivity contribution < 1.29 is 14.3 Å². The quantitative estimate of drug-likeness (QED) is 0.502. The van der Waals surface area contributed by atoms with E-state index in [1.807, 2.05) is 0 Å². The summed E-state index contributed by atoms with van der Waals surface area (Å²) in [5.74, 6) is -0.325. The summed E-state index contributed by atoms with van der Waals surface area (Å²) in [4.78, 5) is 23.5. The molecule has 0 fully saturated rings. The number of amides is 1. The third-order valence-electron chi connectivity index (χ3n) is 1.39. The van der Waals surface area contributed by atoms with Gasteiger partial charge in [-0.2, -0.15) is 0 Å². The average molecular weight is 220 g/mol. The number of nitrogens with zero attached hydrogens (tertiary/aromatic N) is 1. The molecule has 0 saturated heterocycles. The molecule has 0 aliphatic heterocycles. The summed E-state index contributed by atoms with van der Waals surface area (Å²) in [6, 6.07) is 0. The molecular weight excluding hydrogens is 206 g/mol. The minimum Gasteiger partial charge on any atom is -0.450 e. The van der Waals surface area contributed by atoms with Gasteiger partial charge in [-0.25, -0.2) is 4.79 Å². The maximum Gasteiger partial charge on any atom is 0.410 e. The van der Waals surface area contributed by atoms with E-state index < -0.39 is 6.09 Å². The van der Waals surface area contributed by atoms with E-state index in [0.29, 0.717) is 0 Å². The highest BCUT2D eigenvalue weighted by molar-refractivity contribution is 6.28. The lowest BCUT2D eigenvalue weighted by Gasteiger charge is -2.18. The van der Waals surface area contributed by atoms with Crippen LogP contribution in [0.15, 0.2) is 12.7 Å². The van der Waals surface area contributed by atoms with Crippen molar-refractivity contribution in [2.45, 2.75) is 6.92 Å². The zero-order valence-electron chi connectivity index (χ0n) is 8.16. The molecule has 0 aliphatic carbocycles. The van der Waals surface area contributed by atoms with E-state index in [1.165, 1.54) is 11.0 Å². The third kappa shape index (κ3) is 4.87. The normalized spacial score (nSPS) is 9.29. The SMILES string of the molecule is C=CCN(CC(=O)CCl)C(=O)OCC. The molecule has 0 bridgehead atoms. The van der Waals surface area contributed by atoms with E-state index in [-0.39, 0.29) is 31.4 Å². The highest BCUT2D eigenvalue weighted by Crippen LogP contribution is 1.96. The summed E-state index contributed by atoms with van der Waals surface area (Å²) in [5, 5.41) is 0. The van der Waals surface area contributed by atoms with Crippen molar-refractivity contribution in [2.24, 2.45) is 0 Å². The lowest BCUT2D eigenvalue weighted by molar-refractivity contribution is -0.117. The van der Waals surface area contributed by atoms with E-state index in [1.54, 1.807) is 6.92 Å². The van der Waals surface area contributed by atoms with Crippen LogP contribution in [0.4, 0.5) is 4.79 Å². The van der Waals surface area contributed by atoms with Crippen molar-refractivity contribution in [3.05, 3.63) is 12.7 Å². The van der Waals surface area contributed by atoms with Crippen LogP contribution in [-0.4, -0.2) is 42.4 Å². The topological polar surface area (TPSA) is 46.6 Å². The van der Waals surface area contributed by atoms with Crippen molar-refractivity contribution in [3.63, 3.8) is 0 Å². The van der Waals surface area contributed by atoms with Crippen LogP contribution < -0.4 is 0 Å². The smallest absolute Gasteiger partial charge is 0.410 e. The molecule has 0 aliphatic rings. The van der Waals surface area contributed by atoms with E-state index in [9.17, 15) is 9.59 Å². The molecular formula is C9H14ClNO3. The minimum absolute atomic E-state index is 0.0334. The Bertz CT molecular complexity index is 218. The van der Waals surface area contributed by atoms with Crippen LogP contribution in [0.5, 0.6) is 0 Å². The van der Waals surface area contributed by atoms with Gasteiger partial charge in [-0.3, -0.25) is 9.69 Å². The second kappa shape index (κ2) is 7.38. The van der Waals surface area contributed by atoms with Gasteiger partial charge < -0.3 is 4.74 Å². The molecule has 0 aromatic rings. The molecule has 5 heteroatoms. The van der Waals surface area contributed by atoms with Gasteiger partial charge in [0, 0.05) is 6.54 Å². The number of ketones is 1. The first-order valence-electron chi connectivity index (χ1n) is 4.26. The van der Waals surface area contributed by atoms with Gasteiger partial charge in [-0.1, -0.05) is 6.08 Å². The van der Waals surface area contributed by atoms with Gasteiger partial charge in [0.15, 0.2) is 5.78 Å². The zero-order valence-corrected chi connectivity index (χ0v) is 8.92. The monoisotopic (exact) mass is 219 g/mol. The summed E-state index contributed by atoms with van der Waals surface area (Å²) in [6.07, 6.45) is 1.00. The first-order chi connectivity index (χ1) is 6.65. The molecule has 0 aromatic heterocycles. The summed E-state index contributed by atoms with van der Waals surface area (Å²) in [6.45, 7) is 5.71. The lowest BCUT2D eigenvalue weighted by atomic mass is 10.4. The Balaban J connectivity index is 4.19. The molecule has 0 spiro atoms. The molecule has 1 amide bonds. The number of rotatable bonds is 6. The van der Waals surface area contributed by atoms with Gasteiger partial charge in [0.05, 0.1) is 19.0 Å². The maximum absolute atomic E-state index is 11.2. The van der Waals surface area contributed by atoms with Gasteiger partial charge in [-0.15, -0.1) is 18.2 Å². The summed E-state index contributed by atoms with van der Waals surface area (Å²) < 4.78 is 4.75. The molecule has 0 unspecified atom stereocenters. The summed E-state index contributed by atoms with van der Waals surface area (Å²) in [5.41, 5.74) is 0. The summed E-state index contributed by atoms with van der Waals surface area (Å²) in [7, 11) is 0. The first kappa shape index (κ1) is 13.0. The first-order valence-corrected chi connectivity index (χ1v) is 4.79. The Morgan fingerprint density at radius 1 is 1.57 bits per heavy atom. The zero-order chi connectivity index (χ0) is 11.0. The Kier molecular flexibility index (Phi) is 6.84. The molecule has 0 rings (SSSR count). The van der Waals surface area contributed by atoms with Gasteiger partial charge in [0.2, 0.25) is 0 Å². The highest BCUT2D eigenvalue weighted by Gasteiger charge is 2.15. The van der Waals surface area contributed by atoms with E-state index in [4.69, 9.17) is 16.3 Å². The number of hydrogen-bond acceptors (Lipinski definition) is 3. The van der Waals surface area contributed by atoms with Crippen LogP contribution in [-0.2, 0) is 9.53 Å². The highest BCUT2D eigenvalue weighted by atomic mass is 35.5. The third-order valence-corrected chi connectivity index (χ3v) is 1.69. The second-order valence-corrected chi connectivity index (χ2v) is 2.81. The second-order valence-electron chi connectivity index (χ2n) is 2.54. The van der Waals surface area contributed by atoms with Crippen molar-refractivity contribution >= 4 is 23.5 Å². The number of carbonyl (C=O) groups excluding carboxylic acids is 2. The van der Waals surface area contributed by atoms with Crippen molar-refractivity contribution in [1.82, 2.24) is 4.90 Å². The number of halogens is 1. The van der Waals surface area contributed by atoms with Crippen molar-refractivity contribution in [2.75, 3.05) is 25.6 Å². The molecule has 0 radical (unpaired) electrons. The Hall–Kier alpha value is -1.03. The number of Topliss-reactive ketones (excluding diaryl/α,β-unsaturated/α-hetero) is 1. The fraction of sp³-hybridized carbons (Fsp3) is 0.556. The molecule has 0 atom stereocenters. The maximum atomic E-state index is 11.2. The largest absolute Gasteiger partial charge is 0.450 e. The van der Waals surface area contributed by atoms with E-state index >= 15 is 0 Å². The lowest BCUT2D eigenvalue weighted by Crippen LogP contribution is -2.36. The van der Waals surface area contributed by atoms with Gasteiger partial charge in [0.1, 0.15) is 0 Å². The molecule has 0 N–H and O–H groups in total. The van der Waals surface area contributed by atoms with Crippen LogP contribution in [0.2, 0.25) is 0 Å². The summed E-state index contributed by atoms with van der Waals surface area (Å²) >= 11 is 5.32. The standard InChI is InChI=1S/C9H14ClNO3/c1-3-5-11(7-8(12)6-10)9(13)14-4-2/h3H,1,4-7H2,2H3. The minimum atomic E-state index is -0.522. The molecule has 80 valence electrons. The number of hydrogen-bond donors (Lipinski definition) is 0. The van der Waals surface area contributed by atoms with Gasteiger partial charge in [-0.05, 0) is 6.92 Å². The van der Waals surface area contributed by atoms with Crippen LogP contribution in [0.25, 0.3) is 0 Å². The number of carbonyl (C=O) groups is 2. The fourth-order valence-electron chi connectivity index (χ4n) is 0.829. The Labute approximate surface area is 88.5 Å². The van der Waals surface area contributed by atoms with Crippen molar-refractivity contribution in [1.29, 1.82) is 0 Å². The van der Waals surface area contributed by atoms with Crippen LogP contribution >= 0.6 is 11.6 Å². The molecule has 0 heterocycles. The Morgan fingerprint density at radius 2 is 2.21 bits per heavy atom. The number of ether oxygens (including phenoxy) is 1. The molecule has 0 saturated carbocycles. The molecule has 0 aromatic carbocycles. The van der Waals surface area contributed by atoms with E-state index in [2.05, 4.69) is 6.58 Å². The van der Waals surface area contributed by atoms with Crippen LogP contribution in [0.3, 0.4) is 0 Å². The predicted octanol–water partition coefficient (Wildman–Crippen LogP) is 1.44. The average Bonchev–Trinajstić information content (AvgIpc) is 2.17. The van der Waals surface area contributed by atoms with E-state index in [0.717, 1.165) is 0 Å². The van der Waals surface area contributed by atoms with Gasteiger partial charge in [0.25, 0.3) is 0 Å². The van der Waals surface area contributed by atoms with Crippen LogP contribution in [0.1, 0.15) is 6.92 Å². The van der Waals surface area contributed by atoms with Gasteiger partial charge >= 0.3 is 6.09 Å². The number of alkyl halides is 1. The van der Waals surface area contributed by atoms with Crippen LogP contribution in [0, 0.1) is 0 Å². The molecule has 14 heavy (non-hydrogen) atoms. The molecule has 4 nitrogen and oxygen atoms in total. The fourth-order valence-corrected chi connectivity index (χ4v) is 0.914. The predicted molar refractivity (Wildman–Crippen MR) is 54.5 cm³/mol. The Morgan fingerprint density at radius 3 is 2.64 bits per heavy atom.